The fraction of sp³-hybridized carbons (Fsp3) is 0.478. The van der Waals surface area contributed by atoms with Crippen LogP contribution >= 0.6 is 0 Å². The second-order valence-corrected chi connectivity index (χ2v) is 10.4. The third-order valence-corrected chi connectivity index (χ3v) is 8.33. The Balaban J connectivity index is 1.57. The molecule has 1 N–H and O–H groups in total. The van der Waals surface area contributed by atoms with Gasteiger partial charge in [-0.25, -0.2) is 8.42 Å². The summed E-state index contributed by atoms with van der Waals surface area (Å²) in [6.07, 6.45) is 3.86. The molecular formula is C23H30N4O5S. The lowest BCUT2D eigenvalue weighted by Gasteiger charge is -2.28. The molecule has 2 saturated heterocycles. The summed E-state index contributed by atoms with van der Waals surface area (Å²) in [5.41, 5.74) is 1.18. The number of hydrogen-bond donors (Lipinski definition) is 1. The van der Waals surface area contributed by atoms with Crippen LogP contribution in [-0.4, -0.2) is 62.4 Å². The number of rotatable bonds is 9. The first-order valence-corrected chi connectivity index (χ1v) is 12.7. The maximum absolute atomic E-state index is 12.9. The minimum atomic E-state index is -3.72. The number of ether oxygens (including phenoxy) is 1. The zero-order valence-electron chi connectivity index (χ0n) is 18.8. The van der Waals surface area contributed by atoms with Crippen molar-refractivity contribution in [3.63, 3.8) is 0 Å². The molecule has 0 radical (unpaired) electrons. The van der Waals surface area contributed by atoms with E-state index >= 15 is 0 Å². The predicted molar refractivity (Wildman–Crippen MR) is 126 cm³/mol. The van der Waals surface area contributed by atoms with Gasteiger partial charge in [0.15, 0.2) is 0 Å². The maximum atomic E-state index is 12.9. The molecule has 0 amide bonds. The summed E-state index contributed by atoms with van der Waals surface area (Å²) in [6, 6.07) is 12.0. The first-order chi connectivity index (χ1) is 15.9. The van der Waals surface area contributed by atoms with Gasteiger partial charge in [0.1, 0.15) is 11.4 Å². The normalized spacial score (nSPS) is 18.3. The number of benzene rings is 2. The first kappa shape index (κ1) is 23.5. The van der Waals surface area contributed by atoms with E-state index in [0.29, 0.717) is 25.3 Å². The standard InChI is InChI=1S/C23H30N4O5S/c1-32-19-8-6-18(7-9-19)23(25-12-2-3-13-25)17-24-21-11-10-20(16-22(21)27(28)29)33(30,31)26-14-4-5-15-26/h6-11,16,23-24H,2-5,12-15,17H2,1H3/t23-/m0/s1. The molecular weight excluding hydrogens is 444 g/mol. The number of likely N-dealkylation sites (tertiary alicyclic amines) is 1. The van der Waals surface area contributed by atoms with E-state index in [1.54, 1.807) is 7.11 Å². The molecule has 4 rings (SSSR count). The van der Waals surface area contributed by atoms with Crippen LogP contribution in [0.3, 0.4) is 0 Å². The van der Waals surface area contributed by atoms with E-state index in [-0.39, 0.29) is 16.6 Å². The van der Waals surface area contributed by atoms with Gasteiger partial charge in [0.25, 0.3) is 5.69 Å². The number of nitro benzene ring substituents is 1. The molecule has 2 aromatic rings. The van der Waals surface area contributed by atoms with Crippen molar-refractivity contribution in [2.24, 2.45) is 0 Å². The molecule has 0 bridgehead atoms. The predicted octanol–water partition coefficient (Wildman–Crippen LogP) is 3.64. The Labute approximate surface area is 194 Å². The van der Waals surface area contributed by atoms with Crippen molar-refractivity contribution in [1.29, 1.82) is 0 Å². The largest absolute Gasteiger partial charge is 0.497 e. The average Bonchev–Trinajstić information content (AvgIpc) is 3.54. The van der Waals surface area contributed by atoms with Crippen LogP contribution in [0.2, 0.25) is 0 Å². The van der Waals surface area contributed by atoms with Gasteiger partial charge >= 0.3 is 0 Å². The van der Waals surface area contributed by atoms with Crippen LogP contribution < -0.4 is 10.1 Å². The third kappa shape index (κ3) is 5.13. The number of methoxy groups -OCH3 is 1. The van der Waals surface area contributed by atoms with Crippen molar-refractivity contribution in [2.75, 3.05) is 45.2 Å². The summed E-state index contributed by atoms with van der Waals surface area (Å²) < 4.78 is 32.4. The number of nitrogens with one attached hydrogen (secondary N) is 1. The summed E-state index contributed by atoms with van der Waals surface area (Å²) in [4.78, 5) is 13.6. The number of anilines is 1. The SMILES string of the molecule is COc1ccc([C@H](CNc2ccc(S(=O)(=O)N3CCCC3)cc2[N+](=O)[O-])N2CCCC2)cc1. The van der Waals surface area contributed by atoms with Crippen LogP contribution in [-0.2, 0) is 10.0 Å². The van der Waals surface area contributed by atoms with Gasteiger partial charge in [0.2, 0.25) is 10.0 Å². The van der Waals surface area contributed by atoms with E-state index in [9.17, 15) is 18.5 Å². The second-order valence-electron chi connectivity index (χ2n) is 8.46. The number of sulfonamides is 1. The van der Waals surface area contributed by atoms with E-state index in [4.69, 9.17) is 4.74 Å². The van der Waals surface area contributed by atoms with Crippen molar-refractivity contribution in [1.82, 2.24) is 9.21 Å². The Morgan fingerprint density at radius 1 is 1.03 bits per heavy atom. The van der Waals surface area contributed by atoms with Gasteiger partial charge in [-0.3, -0.25) is 15.0 Å². The van der Waals surface area contributed by atoms with Crippen LogP contribution in [0.5, 0.6) is 5.75 Å². The Morgan fingerprint density at radius 3 is 2.27 bits per heavy atom. The molecule has 9 nitrogen and oxygen atoms in total. The zero-order valence-corrected chi connectivity index (χ0v) is 19.6. The maximum Gasteiger partial charge on any atom is 0.293 e. The summed E-state index contributed by atoms with van der Waals surface area (Å²) in [5.74, 6) is 0.775. The van der Waals surface area contributed by atoms with Crippen LogP contribution in [0.15, 0.2) is 47.4 Å². The molecule has 2 heterocycles. The van der Waals surface area contributed by atoms with Crippen LogP contribution in [0.4, 0.5) is 11.4 Å². The quantitative estimate of drug-likeness (QED) is 0.437. The molecule has 0 saturated carbocycles. The van der Waals surface area contributed by atoms with Gasteiger partial charge < -0.3 is 10.1 Å². The van der Waals surface area contributed by atoms with Gasteiger partial charge in [-0.1, -0.05) is 12.1 Å². The molecule has 2 aliphatic heterocycles. The highest BCUT2D eigenvalue weighted by molar-refractivity contribution is 7.89. The Hall–Kier alpha value is -2.69. The smallest absolute Gasteiger partial charge is 0.293 e. The highest BCUT2D eigenvalue weighted by atomic mass is 32.2. The van der Waals surface area contributed by atoms with E-state index in [0.717, 1.165) is 50.1 Å². The molecule has 33 heavy (non-hydrogen) atoms. The molecule has 178 valence electrons. The van der Waals surface area contributed by atoms with Crippen molar-refractivity contribution in [3.8, 4) is 5.75 Å². The van der Waals surface area contributed by atoms with Crippen LogP contribution in [0.1, 0.15) is 37.3 Å². The topological polar surface area (TPSA) is 105 Å². The third-order valence-electron chi connectivity index (χ3n) is 6.44. The Kier molecular flexibility index (Phi) is 7.16. The summed E-state index contributed by atoms with van der Waals surface area (Å²) >= 11 is 0. The summed E-state index contributed by atoms with van der Waals surface area (Å²) in [6.45, 7) is 3.30. The van der Waals surface area contributed by atoms with Crippen LogP contribution in [0, 0.1) is 10.1 Å². The fourth-order valence-electron chi connectivity index (χ4n) is 4.59. The molecule has 10 heteroatoms. The fourth-order valence-corrected chi connectivity index (χ4v) is 6.13. The summed E-state index contributed by atoms with van der Waals surface area (Å²) in [5, 5.41) is 15.0. The molecule has 0 unspecified atom stereocenters. The monoisotopic (exact) mass is 474 g/mol. The van der Waals surface area contributed by atoms with Crippen LogP contribution in [0.25, 0.3) is 0 Å². The van der Waals surface area contributed by atoms with Gasteiger partial charge in [0.05, 0.1) is 23.0 Å². The Bertz CT molecular complexity index is 1080. The van der Waals surface area contributed by atoms with E-state index < -0.39 is 14.9 Å². The lowest BCUT2D eigenvalue weighted by atomic mass is 10.0. The highest BCUT2D eigenvalue weighted by Gasteiger charge is 2.30. The van der Waals surface area contributed by atoms with E-state index in [1.807, 2.05) is 24.3 Å². The van der Waals surface area contributed by atoms with Crippen molar-refractivity contribution in [3.05, 3.63) is 58.1 Å². The highest BCUT2D eigenvalue weighted by Crippen LogP contribution is 2.32. The minimum absolute atomic E-state index is 0.0334. The van der Waals surface area contributed by atoms with E-state index in [2.05, 4.69) is 10.2 Å². The lowest BCUT2D eigenvalue weighted by Crippen LogP contribution is -2.31. The van der Waals surface area contributed by atoms with Gasteiger partial charge in [-0.05, 0) is 68.6 Å². The first-order valence-electron chi connectivity index (χ1n) is 11.3. The number of nitro groups is 1. The minimum Gasteiger partial charge on any atom is -0.497 e. The van der Waals surface area contributed by atoms with Gasteiger partial charge in [-0.2, -0.15) is 4.31 Å². The van der Waals surface area contributed by atoms with Crippen molar-refractivity contribution in [2.45, 2.75) is 36.6 Å². The van der Waals surface area contributed by atoms with Crippen molar-refractivity contribution >= 4 is 21.4 Å². The Morgan fingerprint density at radius 2 is 1.67 bits per heavy atom. The van der Waals surface area contributed by atoms with Crippen molar-refractivity contribution < 1.29 is 18.1 Å². The summed E-state index contributed by atoms with van der Waals surface area (Å²) in [7, 11) is -2.10. The van der Waals surface area contributed by atoms with Gasteiger partial charge in [0, 0.05) is 25.7 Å². The van der Waals surface area contributed by atoms with Gasteiger partial charge in [-0.15, -0.1) is 0 Å². The number of nitrogens with zero attached hydrogens (tertiary/aromatic N) is 3. The zero-order chi connectivity index (χ0) is 23.4. The molecule has 0 aliphatic carbocycles. The molecule has 0 spiro atoms. The van der Waals surface area contributed by atoms with E-state index in [1.165, 1.54) is 22.5 Å². The number of hydrogen-bond acceptors (Lipinski definition) is 7. The second kappa shape index (κ2) is 10.1. The molecule has 2 fully saturated rings. The molecule has 1 atom stereocenters. The molecule has 2 aromatic carbocycles. The lowest BCUT2D eigenvalue weighted by molar-refractivity contribution is -0.384. The average molecular weight is 475 g/mol. The molecule has 0 aromatic heterocycles. The molecule has 2 aliphatic rings.